The number of hydrogen-bond donors (Lipinski definition) is 1. The Labute approximate surface area is 149 Å². The first-order valence-electron chi connectivity index (χ1n) is 7.53. The highest BCUT2D eigenvalue weighted by molar-refractivity contribution is 8.09. The van der Waals surface area contributed by atoms with Crippen molar-refractivity contribution in [3.8, 4) is 0 Å². The number of nitrogens with zero attached hydrogens (tertiary/aromatic N) is 1. The molecule has 0 spiro atoms. The van der Waals surface area contributed by atoms with Crippen LogP contribution in [0, 0.1) is 0 Å². The number of aliphatic carboxylic acids is 1. The number of amides is 1. The molecule has 0 bridgehead atoms. The fourth-order valence-corrected chi connectivity index (χ4v) is 4.79. The van der Waals surface area contributed by atoms with Crippen LogP contribution in [0.1, 0.15) is 27.7 Å². The molecule has 0 saturated carbocycles. The summed E-state index contributed by atoms with van der Waals surface area (Å²) in [6.45, 7) is 2.76. The number of carboxylic acid groups (broad SMARTS) is 1. The Bertz CT molecular complexity index is 495. The Morgan fingerprint density at radius 2 is 1.64 bits per heavy atom. The second kappa shape index (κ2) is 10.4. The summed E-state index contributed by atoms with van der Waals surface area (Å²) in [5.41, 5.74) is 0. The fraction of sp³-hybridized carbons (Fsp3) is 0.846. The van der Waals surface area contributed by atoms with Crippen LogP contribution >= 0.6 is 6.49 Å². The summed E-state index contributed by atoms with van der Waals surface area (Å²) in [7, 11) is 0. The Morgan fingerprint density at radius 1 is 1.16 bits per heavy atom. The molecule has 1 amide bonds. The highest BCUT2D eigenvalue weighted by Crippen LogP contribution is 2.50. The molecule has 0 aliphatic heterocycles. The van der Waals surface area contributed by atoms with Gasteiger partial charge in [-0.2, -0.15) is 13.2 Å². The van der Waals surface area contributed by atoms with Crippen molar-refractivity contribution in [3.63, 3.8) is 0 Å². The third-order valence-electron chi connectivity index (χ3n) is 2.94. The number of hydrogen-bond acceptors (Lipinski definition) is 6. The molecule has 0 heterocycles. The first-order valence-corrected chi connectivity index (χ1v) is 10.4. The second-order valence-electron chi connectivity index (χ2n) is 4.80. The topological polar surface area (TPSA) is 85.3 Å². The molecule has 7 nitrogen and oxygen atoms in total. The maximum Gasteiger partial charge on any atom is 0.471 e. The minimum absolute atomic E-state index is 0.0457. The van der Waals surface area contributed by atoms with Gasteiger partial charge in [-0.15, -0.1) is 0 Å². The van der Waals surface area contributed by atoms with E-state index >= 15 is 0 Å². The Hall–Kier alpha value is -0.740. The first kappa shape index (κ1) is 24.3. The maximum absolute atomic E-state index is 13.0. The second-order valence-corrected chi connectivity index (χ2v) is 8.49. The van der Waals surface area contributed by atoms with Crippen molar-refractivity contribution in [1.29, 1.82) is 0 Å². The third kappa shape index (κ3) is 7.57. The van der Waals surface area contributed by atoms with Gasteiger partial charge in [-0.25, -0.2) is 4.79 Å². The van der Waals surface area contributed by atoms with Crippen LogP contribution in [0.3, 0.4) is 0 Å². The first-order chi connectivity index (χ1) is 11.4. The van der Waals surface area contributed by atoms with Gasteiger partial charge in [-0.3, -0.25) is 4.79 Å². The van der Waals surface area contributed by atoms with E-state index in [4.69, 9.17) is 25.6 Å². The molecule has 1 N–H and O–H groups in total. The molecule has 0 aliphatic carbocycles. The molecule has 148 valence electrons. The number of carbonyl (C=O) groups excluding carboxylic acids is 1. The zero-order valence-electron chi connectivity index (χ0n) is 14.4. The monoisotopic (exact) mass is 409 g/mol. The summed E-state index contributed by atoms with van der Waals surface area (Å²) in [6.07, 6.45) is -7.27. The lowest BCUT2D eigenvalue weighted by atomic mass is 10.1. The molecule has 2 atom stereocenters. The molecule has 0 radical (unpaired) electrons. The van der Waals surface area contributed by atoms with Crippen LogP contribution in [-0.4, -0.2) is 66.3 Å². The van der Waals surface area contributed by atoms with Crippen LogP contribution < -0.4 is 0 Å². The van der Waals surface area contributed by atoms with Crippen LogP contribution in [0.25, 0.3) is 0 Å². The van der Waals surface area contributed by atoms with Crippen LogP contribution in [-0.2, 0) is 35.2 Å². The highest BCUT2D eigenvalue weighted by Gasteiger charge is 2.49. The summed E-state index contributed by atoms with van der Waals surface area (Å²) < 4.78 is 54.6. The minimum Gasteiger partial charge on any atom is -0.480 e. The Kier molecular flexibility index (Phi) is 10.1. The Balaban J connectivity index is 5.94. The average molecular weight is 409 g/mol. The van der Waals surface area contributed by atoms with Crippen molar-refractivity contribution in [2.24, 2.45) is 0 Å². The van der Waals surface area contributed by atoms with Gasteiger partial charge in [0.2, 0.25) is 6.49 Å². The van der Waals surface area contributed by atoms with Crippen LogP contribution in [0.5, 0.6) is 0 Å². The molecule has 0 rings (SSSR count). The molecule has 25 heavy (non-hydrogen) atoms. The van der Waals surface area contributed by atoms with Crippen molar-refractivity contribution in [2.75, 3.05) is 26.1 Å². The maximum atomic E-state index is 13.0. The minimum atomic E-state index is -5.28. The van der Waals surface area contributed by atoms with Crippen LogP contribution in [0.2, 0.25) is 0 Å². The zero-order chi connectivity index (χ0) is 19.8. The van der Waals surface area contributed by atoms with Crippen LogP contribution in [0.15, 0.2) is 0 Å². The van der Waals surface area contributed by atoms with E-state index in [0.717, 1.165) is 0 Å². The van der Waals surface area contributed by atoms with Gasteiger partial charge in [-0.05, 0) is 39.5 Å². The number of rotatable bonds is 11. The summed E-state index contributed by atoms with van der Waals surface area (Å²) in [6, 6.07) is -1.89. The molecule has 0 fully saturated rings. The van der Waals surface area contributed by atoms with E-state index in [1.807, 2.05) is 0 Å². The van der Waals surface area contributed by atoms with Gasteiger partial charge in [0.25, 0.3) is 0 Å². The lowest BCUT2D eigenvalue weighted by molar-refractivity contribution is -0.191. The van der Waals surface area contributed by atoms with Gasteiger partial charge >= 0.3 is 18.1 Å². The van der Waals surface area contributed by atoms with Crippen molar-refractivity contribution >= 4 is 30.2 Å². The van der Waals surface area contributed by atoms with E-state index in [-0.39, 0.29) is 24.7 Å². The summed E-state index contributed by atoms with van der Waals surface area (Å²) in [5, 5.41) is 9.37. The predicted molar refractivity (Wildman–Crippen MR) is 87.8 cm³/mol. The van der Waals surface area contributed by atoms with E-state index in [9.17, 15) is 27.9 Å². The number of carboxylic acids is 1. The quantitative estimate of drug-likeness (QED) is 0.525. The third-order valence-corrected chi connectivity index (χ3v) is 5.88. The van der Waals surface area contributed by atoms with E-state index in [1.165, 1.54) is 6.92 Å². The van der Waals surface area contributed by atoms with Gasteiger partial charge in [-0.1, -0.05) is 0 Å². The predicted octanol–water partition coefficient (Wildman–Crippen LogP) is 2.60. The Morgan fingerprint density at radius 3 is 1.96 bits per heavy atom. The standard InChI is InChI=1S/C13H23F3NO6PS/c1-5-21-9(4)10(11(18)19)17(12(20)13(14,15)16)8-24(25,22-6-2)23-7-3/h9-10H,5-8H2,1-4H3,(H,18,19). The summed E-state index contributed by atoms with van der Waals surface area (Å²) >= 11 is 5.15. The zero-order valence-corrected chi connectivity index (χ0v) is 16.1. The smallest absolute Gasteiger partial charge is 0.471 e. The molecule has 0 aromatic heterocycles. The number of alkyl halides is 3. The molecule has 2 unspecified atom stereocenters. The molecular weight excluding hydrogens is 386 g/mol. The van der Waals surface area contributed by atoms with Gasteiger partial charge in [0.05, 0.1) is 25.6 Å². The summed E-state index contributed by atoms with van der Waals surface area (Å²) in [4.78, 5) is 23.5. The number of carbonyl (C=O) groups is 2. The molecule has 0 saturated heterocycles. The molecule has 0 aliphatic rings. The highest BCUT2D eigenvalue weighted by atomic mass is 32.5. The van der Waals surface area contributed by atoms with E-state index in [1.54, 1.807) is 20.8 Å². The van der Waals surface area contributed by atoms with Crippen molar-refractivity contribution < 1.29 is 41.7 Å². The SMILES string of the molecule is CCOC(C)C(C(=O)O)N(CP(=S)(OCC)OCC)C(=O)C(F)(F)F. The normalized spacial score (nSPS) is 14.8. The van der Waals surface area contributed by atoms with Gasteiger partial charge < -0.3 is 23.8 Å². The van der Waals surface area contributed by atoms with Gasteiger partial charge in [0.1, 0.15) is 0 Å². The summed E-state index contributed by atoms with van der Waals surface area (Å²) in [5.74, 6) is -3.98. The molecule has 0 aromatic rings. The van der Waals surface area contributed by atoms with E-state index in [0.29, 0.717) is 0 Å². The largest absolute Gasteiger partial charge is 0.480 e. The lowest BCUT2D eigenvalue weighted by Gasteiger charge is -2.35. The van der Waals surface area contributed by atoms with Gasteiger partial charge in [0.15, 0.2) is 6.04 Å². The number of ether oxygens (including phenoxy) is 1. The van der Waals surface area contributed by atoms with E-state index in [2.05, 4.69) is 0 Å². The van der Waals surface area contributed by atoms with Crippen molar-refractivity contribution in [1.82, 2.24) is 4.90 Å². The number of halogens is 3. The van der Waals surface area contributed by atoms with Gasteiger partial charge in [0, 0.05) is 6.61 Å². The fourth-order valence-electron chi connectivity index (χ4n) is 2.08. The van der Waals surface area contributed by atoms with Crippen molar-refractivity contribution in [2.45, 2.75) is 46.0 Å². The molecule has 0 aromatic carbocycles. The van der Waals surface area contributed by atoms with E-state index < -0.39 is 43.0 Å². The van der Waals surface area contributed by atoms with Crippen LogP contribution in [0.4, 0.5) is 13.2 Å². The lowest BCUT2D eigenvalue weighted by Crippen LogP contribution is -2.55. The average Bonchev–Trinajstić information content (AvgIpc) is 2.45. The van der Waals surface area contributed by atoms with Crippen molar-refractivity contribution in [3.05, 3.63) is 0 Å². The molecular formula is C13H23F3NO6PS. The molecule has 12 heteroatoms.